The van der Waals surface area contributed by atoms with Gasteiger partial charge in [0.15, 0.2) is 0 Å². The fraction of sp³-hybridized carbons (Fsp3) is 0.524. The monoisotopic (exact) mass is 479 g/mol. The van der Waals surface area contributed by atoms with E-state index in [-0.39, 0.29) is 10.6 Å². The Balaban J connectivity index is 1.45. The van der Waals surface area contributed by atoms with Gasteiger partial charge in [0.05, 0.1) is 9.82 Å². The maximum Gasteiger partial charge on any atom is 0.293 e. The van der Waals surface area contributed by atoms with Crippen LogP contribution in [0.15, 0.2) is 40.6 Å². The van der Waals surface area contributed by atoms with E-state index in [1.54, 1.807) is 17.4 Å². The van der Waals surface area contributed by atoms with Crippen LogP contribution in [0.25, 0.3) is 0 Å². The summed E-state index contributed by atoms with van der Waals surface area (Å²) in [5.41, 5.74) is 0.345. The number of hydrogen-bond donors (Lipinski definition) is 0. The molecule has 0 bridgehead atoms. The zero-order valence-electron chi connectivity index (χ0n) is 18.2. The number of nitrogens with zero attached hydrogens (tertiary/aromatic N) is 5. The van der Waals surface area contributed by atoms with E-state index in [4.69, 9.17) is 0 Å². The molecule has 9 nitrogen and oxygen atoms in total. The van der Waals surface area contributed by atoms with Crippen LogP contribution in [0.2, 0.25) is 0 Å². The first kappa shape index (κ1) is 23.1. The van der Waals surface area contributed by atoms with Crippen LogP contribution in [0.4, 0.5) is 11.4 Å². The number of hydrogen-bond acceptors (Lipinski definition) is 8. The minimum atomic E-state index is -3.75. The Bertz CT molecular complexity index is 1030. The molecule has 0 radical (unpaired) electrons. The standard InChI is InChI=1S/C21H29N5O4S2/c1-22-8-14-25(15-9-22)32(29,30)19-4-5-20(21(17-19)26(27)28)24-12-10-23(11-13-24)7-6-18-3-2-16-31-18/h2-5,16-17H,6-15H2,1H3. The van der Waals surface area contributed by atoms with E-state index in [1.807, 2.05) is 11.9 Å². The van der Waals surface area contributed by atoms with Crippen LogP contribution in [0, 0.1) is 10.1 Å². The molecule has 0 unspecified atom stereocenters. The van der Waals surface area contributed by atoms with Crippen molar-refractivity contribution in [2.75, 3.05) is 70.9 Å². The van der Waals surface area contributed by atoms with Crippen LogP contribution in [-0.2, 0) is 16.4 Å². The van der Waals surface area contributed by atoms with Gasteiger partial charge in [0.2, 0.25) is 10.0 Å². The Morgan fingerprint density at radius 1 is 1.03 bits per heavy atom. The van der Waals surface area contributed by atoms with Gasteiger partial charge in [-0.2, -0.15) is 4.31 Å². The third kappa shape index (κ3) is 5.12. The molecule has 2 aliphatic rings. The van der Waals surface area contributed by atoms with Crippen LogP contribution < -0.4 is 4.90 Å². The van der Waals surface area contributed by atoms with E-state index in [9.17, 15) is 18.5 Å². The van der Waals surface area contributed by atoms with Gasteiger partial charge in [-0.3, -0.25) is 15.0 Å². The summed E-state index contributed by atoms with van der Waals surface area (Å²) >= 11 is 1.76. The van der Waals surface area contributed by atoms with E-state index in [0.717, 1.165) is 26.1 Å². The van der Waals surface area contributed by atoms with Gasteiger partial charge in [-0.25, -0.2) is 8.42 Å². The zero-order valence-corrected chi connectivity index (χ0v) is 19.9. The third-order valence-corrected chi connectivity index (χ3v) is 9.04. The lowest BCUT2D eigenvalue weighted by Crippen LogP contribution is -2.47. The summed E-state index contributed by atoms with van der Waals surface area (Å²) in [5.74, 6) is 0. The smallest absolute Gasteiger partial charge is 0.293 e. The maximum atomic E-state index is 13.0. The zero-order chi connectivity index (χ0) is 22.7. The van der Waals surface area contributed by atoms with Crippen LogP contribution in [0.1, 0.15) is 4.88 Å². The predicted octanol–water partition coefficient (Wildman–Crippen LogP) is 1.96. The average Bonchev–Trinajstić information content (AvgIpc) is 3.32. The SMILES string of the molecule is CN1CCN(S(=O)(=O)c2ccc(N3CCN(CCc4cccs4)CC3)c([N+](=O)[O-])c2)CC1. The maximum absolute atomic E-state index is 13.0. The van der Waals surface area contributed by atoms with E-state index < -0.39 is 14.9 Å². The highest BCUT2D eigenvalue weighted by Crippen LogP contribution is 2.32. The van der Waals surface area contributed by atoms with Gasteiger partial charge in [0, 0.05) is 69.8 Å². The average molecular weight is 480 g/mol. The lowest BCUT2D eigenvalue weighted by atomic mass is 10.2. The lowest BCUT2D eigenvalue weighted by molar-refractivity contribution is -0.384. The van der Waals surface area contributed by atoms with Gasteiger partial charge in [-0.05, 0) is 37.0 Å². The summed E-state index contributed by atoms with van der Waals surface area (Å²) in [6.45, 7) is 6.05. The summed E-state index contributed by atoms with van der Waals surface area (Å²) < 4.78 is 27.5. The Labute approximate surface area is 193 Å². The first-order valence-corrected chi connectivity index (χ1v) is 13.1. The molecule has 2 aliphatic heterocycles. The molecule has 1 aromatic heterocycles. The first-order valence-electron chi connectivity index (χ1n) is 10.8. The Morgan fingerprint density at radius 3 is 2.38 bits per heavy atom. The molecule has 0 atom stereocenters. The van der Waals surface area contributed by atoms with E-state index in [1.165, 1.54) is 21.3 Å². The molecule has 2 fully saturated rings. The van der Waals surface area contributed by atoms with Crippen molar-refractivity contribution < 1.29 is 13.3 Å². The summed E-state index contributed by atoms with van der Waals surface area (Å²) in [4.78, 5) is 19.1. The second kappa shape index (κ2) is 9.84. The highest BCUT2D eigenvalue weighted by atomic mass is 32.2. The molecule has 32 heavy (non-hydrogen) atoms. The van der Waals surface area contributed by atoms with E-state index in [2.05, 4.69) is 27.3 Å². The predicted molar refractivity (Wildman–Crippen MR) is 126 cm³/mol. The van der Waals surface area contributed by atoms with Crippen molar-refractivity contribution in [2.45, 2.75) is 11.3 Å². The molecule has 0 spiro atoms. The molecule has 0 amide bonds. The van der Waals surface area contributed by atoms with Crippen molar-refractivity contribution in [3.05, 3.63) is 50.7 Å². The number of sulfonamides is 1. The molecule has 174 valence electrons. The summed E-state index contributed by atoms with van der Waals surface area (Å²) in [6.07, 6.45) is 1.01. The Morgan fingerprint density at radius 2 is 1.75 bits per heavy atom. The van der Waals surface area contributed by atoms with Crippen molar-refractivity contribution in [3.63, 3.8) is 0 Å². The largest absolute Gasteiger partial charge is 0.363 e. The van der Waals surface area contributed by atoms with Crippen molar-refractivity contribution in [2.24, 2.45) is 0 Å². The molecule has 0 aliphatic carbocycles. The number of anilines is 1. The van der Waals surface area contributed by atoms with Crippen molar-refractivity contribution in [1.29, 1.82) is 0 Å². The normalized spacial score (nSPS) is 19.3. The lowest BCUT2D eigenvalue weighted by Gasteiger charge is -2.36. The number of nitro groups is 1. The molecule has 1 aromatic carbocycles. The molecular formula is C21H29N5O4S2. The summed E-state index contributed by atoms with van der Waals surface area (Å²) in [5, 5.41) is 13.9. The minimum absolute atomic E-state index is 0.00733. The van der Waals surface area contributed by atoms with Crippen molar-refractivity contribution in [3.8, 4) is 0 Å². The topological polar surface area (TPSA) is 90.2 Å². The summed E-state index contributed by atoms with van der Waals surface area (Å²) in [7, 11) is -1.80. The Kier molecular flexibility index (Phi) is 7.11. The fourth-order valence-electron chi connectivity index (χ4n) is 4.19. The van der Waals surface area contributed by atoms with Gasteiger partial charge >= 0.3 is 0 Å². The molecular weight excluding hydrogens is 450 g/mol. The number of benzene rings is 1. The molecule has 2 aromatic rings. The van der Waals surface area contributed by atoms with Crippen LogP contribution in [-0.4, -0.2) is 93.4 Å². The number of likely N-dealkylation sites (N-methyl/N-ethyl adjacent to an activating group) is 1. The molecule has 4 rings (SSSR count). The van der Waals surface area contributed by atoms with Gasteiger partial charge in [-0.15, -0.1) is 11.3 Å². The van der Waals surface area contributed by atoms with Gasteiger partial charge in [-0.1, -0.05) is 6.07 Å². The number of nitro benzene ring substituents is 1. The second-order valence-electron chi connectivity index (χ2n) is 8.27. The molecule has 0 N–H and O–H groups in total. The number of thiophene rings is 1. The molecule has 3 heterocycles. The third-order valence-electron chi connectivity index (χ3n) is 6.21. The quantitative estimate of drug-likeness (QED) is 0.443. The van der Waals surface area contributed by atoms with Crippen molar-refractivity contribution in [1.82, 2.24) is 14.1 Å². The van der Waals surface area contributed by atoms with Crippen LogP contribution >= 0.6 is 11.3 Å². The van der Waals surface area contributed by atoms with E-state index in [0.29, 0.717) is 45.0 Å². The summed E-state index contributed by atoms with van der Waals surface area (Å²) in [6, 6.07) is 8.54. The van der Waals surface area contributed by atoms with Crippen LogP contribution in [0.3, 0.4) is 0 Å². The molecule has 2 saturated heterocycles. The number of piperazine rings is 2. The highest BCUT2D eigenvalue weighted by molar-refractivity contribution is 7.89. The molecule has 0 saturated carbocycles. The number of rotatable bonds is 7. The van der Waals surface area contributed by atoms with Gasteiger partial charge in [0.1, 0.15) is 5.69 Å². The minimum Gasteiger partial charge on any atom is -0.363 e. The fourth-order valence-corrected chi connectivity index (χ4v) is 6.33. The van der Waals surface area contributed by atoms with Gasteiger partial charge < -0.3 is 9.80 Å². The second-order valence-corrected chi connectivity index (χ2v) is 11.2. The van der Waals surface area contributed by atoms with Gasteiger partial charge in [0.25, 0.3) is 5.69 Å². The molecule has 11 heteroatoms. The first-order chi connectivity index (χ1) is 15.3. The Hall–Kier alpha value is -2.05. The van der Waals surface area contributed by atoms with Crippen molar-refractivity contribution >= 4 is 32.7 Å². The van der Waals surface area contributed by atoms with Crippen LogP contribution in [0.5, 0.6) is 0 Å². The van der Waals surface area contributed by atoms with E-state index >= 15 is 0 Å². The highest BCUT2D eigenvalue weighted by Gasteiger charge is 2.31.